The standard InChI is InChI=1S/C11H16OS/c1-3-13-11-6-4-10(5-7-11)8-9(2)12/h4-7,9,12H,3,8H2,1-2H3/t9-/m1/s1. The monoisotopic (exact) mass is 196 g/mol. The average molecular weight is 196 g/mol. The van der Waals surface area contributed by atoms with E-state index in [1.807, 2.05) is 18.7 Å². The van der Waals surface area contributed by atoms with Gasteiger partial charge in [0.1, 0.15) is 0 Å². The van der Waals surface area contributed by atoms with Crippen LogP contribution in [0.2, 0.25) is 0 Å². The van der Waals surface area contributed by atoms with Crippen LogP contribution in [0.5, 0.6) is 0 Å². The van der Waals surface area contributed by atoms with Crippen LogP contribution in [0.25, 0.3) is 0 Å². The Morgan fingerprint density at radius 3 is 2.38 bits per heavy atom. The predicted octanol–water partition coefficient (Wildman–Crippen LogP) is 2.72. The van der Waals surface area contributed by atoms with Gasteiger partial charge in [-0.05, 0) is 36.8 Å². The number of benzene rings is 1. The van der Waals surface area contributed by atoms with Crippen molar-refractivity contribution in [2.75, 3.05) is 5.75 Å². The second-order valence-corrected chi connectivity index (χ2v) is 4.47. The van der Waals surface area contributed by atoms with Crippen molar-refractivity contribution >= 4 is 11.8 Å². The molecule has 2 heteroatoms. The minimum atomic E-state index is -0.246. The summed E-state index contributed by atoms with van der Waals surface area (Å²) >= 11 is 1.84. The number of rotatable bonds is 4. The molecule has 0 aromatic heterocycles. The largest absolute Gasteiger partial charge is 0.393 e. The van der Waals surface area contributed by atoms with Gasteiger partial charge in [0.25, 0.3) is 0 Å². The maximum absolute atomic E-state index is 9.17. The van der Waals surface area contributed by atoms with E-state index in [1.54, 1.807) is 0 Å². The highest BCUT2D eigenvalue weighted by atomic mass is 32.2. The Bertz CT molecular complexity index is 241. The van der Waals surface area contributed by atoms with Crippen molar-refractivity contribution in [3.63, 3.8) is 0 Å². The third-order valence-corrected chi connectivity index (χ3v) is 2.66. The lowest BCUT2D eigenvalue weighted by atomic mass is 10.1. The number of hydrogen-bond donors (Lipinski definition) is 1. The zero-order valence-corrected chi connectivity index (χ0v) is 8.97. The molecule has 0 radical (unpaired) electrons. The Morgan fingerprint density at radius 1 is 1.31 bits per heavy atom. The van der Waals surface area contributed by atoms with Crippen LogP contribution in [0.4, 0.5) is 0 Å². The lowest BCUT2D eigenvalue weighted by Gasteiger charge is -2.04. The molecule has 0 fully saturated rings. The highest BCUT2D eigenvalue weighted by molar-refractivity contribution is 7.99. The normalized spacial score (nSPS) is 12.8. The van der Waals surface area contributed by atoms with E-state index in [0.717, 1.165) is 12.2 Å². The summed E-state index contributed by atoms with van der Waals surface area (Å²) in [7, 11) is 0. The molecule has 0 heterocycles. The number of hydrogen-bond acceptors (Lipinski definition) is 2. The molecule has 1 atom stereocenters. The van der Waals surface area contributed by atoms with Crippen molar-refractivity contribution in [2.24, 2.45) is 0 Å². The molecule has 0 saturated heterocycles. The van der Waals surface area contributed by atoms with E-state index >= 15 is 0 Å². The first-order chi connectivity index (χ1) is 6.22. The molecule has 1 rings (SSSR count). The predicted molar refractivity (Wildman–Crippen MR) is 58.2 cm³/mol. The molecule has 13 heavy (non-hydrogen) atoms. The maximum atomic E-state index is 9.17. The molecule has 1 N–H and O–H groups in total. The highest BCUT2D eigenvalue weighted by Gasteiger charge is 1.98. The zero-order valence-electron chi connectivity index (χ0n) is 8.16. The smallest absolute Gasteiger partial charge is 0.0552 e. The average Bonchev–Trinajstić information content (AvgIpc) is 2.08. The van der Waals surface area contributed by atoms with E-state index in [4.69, 9.17) is 0 Å². The summed E-state index contributed by atoms with van der Waals surface area (Å²) < 4.78 is 0. The van der Waals surface area contributed by atoms with Crippen molar-refractivity contribution < 1.29 is 5.11 Å². The van der Waals surface area contributed by atoms with Gasteiger partial charge in [-0.2, -0.15) is 0 Å². The Labute approximate surface area is 84.2 Å². The molecular formula is C11H16OS. The Morgan fingerprint density at radius 2 is 1.92 bits per heavy atom. The quantitative estimate of drug-likeness (QED) is 0.747. The maximum Gasteiger partial charge on any atom is 0.0552 e. The molecule has 0 amide bonds. The molecule has 0 saturated carbocycles. The van der Waals surface area contributed by atoms with Crippen LogP contribution in [-0.4, -0.2) is 17.0 Å². The van der Waals surface area contributed by atoms with Gasteiger partial charge in [-0.15, -0.1) is 11.8 Å². The number of aliphatic hydroxyl groups is 1. The van der Waals surface area contributed by atoms with Crippen molar-refractivity contribution in [3.8, 4) is 0 Å². The van der Waals surface area contributed by atoms with Gasteiger partial charge in [-0.3, -0.25) is 0 Å². The summed E-state index contributed by atoms with van der Waals surface area (Å²) in [4.78, 5) is 1.30. The number of thioether (sulfide) groups is 1. The molecule has 0 bridgehead atoms. The highest BCUT2D eigenvalue weighted by Crippen LogP contribution is 2.18. The molecule has 1 aromatic carbocycles. The topological polar surface area (TPSA) is 20.2 Å². The van der Waals surface area contributed by atoms with Crippen LogP contribution in [-0.2, 0) is 6.42 Å². The Hall–Kier alpha value is -0.470. The summed E-state index contributed by atoms with van der Waals surface area (Å²) in [6.07, 6.45) is 0.501. The van der Waals surface area contributed by atoms with Crippen molar-refractivity contribution in [1.82, 2.24) is 0 Å². The van der Waals surface area contributed by atoms with Gasteiger partial charge >= 0.3 is 0 Å². The van der Waals surface area contributed by atoms with Crippen molar-refractivity contribution in [1.29, 1.82) is 0 Å². The fraction of sp³-hybridized carbons (Fsp3) is 0.455. The van der Waals surface area contributed by atoms with Crippen LogP contribution in [0, 0.1) is 0 Å². The molecule has 0 aliphatic carbocycles. The first-order valence-corrected chi connectivity index (χ1v) is 5.60. The van der Waals surface area contributed by atoms with E-state index in [2.05, 4.69) is 31.2 Å². The fourth-order valence-electron chi connectivity index (χ4n) is 1.23. The van der Waals surface area contributed by atoms with E-state index in [1.165, 1.54) is 10.5 Å². The second-order valence-electron chi connectivity index (χ2n) is 3.13. The van der Waals surface area contributed by atoms with E-state index in [9.17, 15) is 5.11 Å². The molecule has 1 nitrogen and oxygen atoms in total. The van der Waals surface area contributed by atoms with Crippen LogP contribution in [0.3, 0.4) is 0 Å². The summed E-state index contributed by atoms with van der Waals surface area (Å²) in [5.41, 5.74) is 1.20. The van der Waals surface area contributed by atoms with Gasteiger partial charge in [0.15, 0.2) is 0 Å². The Balaban J connectivity index is 2.59. The molecule has 0 aliphatic heterocycles. The molecular weight excluding hydrogens is 180 g/mol. The second kappa shape index (κ2) is 5.30. The summed E-state index contributed by atoms with van der Waals surface area (Å²) in [6, 6.07) is 8.41. The lowest BCUT2D eigenvalue weighted by Crippen LogP contribution is -2.03. The molecule has 0 unspecified atom stereocenters. The minimum absolute atomic E-state index is 0.246. The molecule has 0 aliphatic rings. The van der Waals surface area contributed by atoms with Gasteiger partial charge in [0, 0.05) is 4.90 Å². The molecule has 0 spiro atoms. The molecule has 72 valence electrons. The van der Waals surface area contributed by atoms with Gasteiger partial charge in [0.05, 0.1) is 6.10 Å². The summed E-state index contributed by atoms with van der Waals surface area (Å²) in [5.74, 6) is 1.11. The van der Waals surface area contributed by atoms with E-state index < -0.39 is 0 Å². The SMILES string of the molecule is CCSc1ccc(C[C@@H](C)O)cc1. The van der Waals surface area contributed by atoms with Crippen LogP contribution < -0.4 is 0 Å². The van der Waals surface area contributed by atoms with Gasteiger partial charge in [0.2, 0.25) is 0 Å². The summed E-state index contributed by atoms with van der Waals surface area (Å²) in [5, 5.41) is 9.17. The first-order valence-electron chi connectivity index (χ1n) is 4.62. The van der Waals surface area contributed by atoms with Crippen LogP contribution in [0.1, 0.15) is 19.4 Å². The van der Waals surface area contributed by atoms with Crippen molar-refractivity contribution in [2.45, 2.75) is 31.3 Å². The van der Waals surface area contributed by atoms with Gasteiger partial charge < -0.3 is 5.11 Å². The first kappa shape index (κ1) is 10.6. The Kier molecular flexibility index (Phi) is 4.33. The number of aliphatic hydroxyl groups excluding tert-OH is 1. The van der Waals surface area contributed by atoms with Crippen LogP contribution in [0.15, 0.2) is 29.2 Å². The van der Waals surface area contributed by atoms with E-state index in [-0.39, 0.29) is 6.10 Å². The van der Waals surface area contributed by atoms with Gasteiger partial charge in [-0.25, -0.2) is 0 Å². The van der Waals surface area contributed by atoms with Crippen molar-refractivity contribution in [3.05, 3.63) is 29.8 Å². The zero-order chi connectivity index (χ0) is 9.68. The molecule has 1 aromatic rings. The minimum Gasteiger partial charge on any atom is -0.393 e. The third-order valence-electron chi connectivity index (χ3n) is 1.77. The lowest BCUT2D eigenvalue weighted by molar-refractivity contribution is 0.195. The third kappa shape index (κ3) is 3.83. The van der Waals surface area contributed by atoms with Gasteiger partial charge in [-0.1, -0.05) is 19.1 Å². The van der Waals surface area contributed by atoms with E-state index in [0.29, 0.717) is 0 Å². The van der Waals surface area contributed by atoms with Crippen LogP contribution >= 0.6 is 11.8 Å². The fourth-order valence-corrected chi connectivity index (χ4v) is 1.89. The summed E-state index contributed by atoms with van der Waals surface area (Å²) in [6.45, 7) is 3.96.